The smallest absolute Gasteiger partial charge is 0.406 e. The minimum Gasteiger partial charge on any atom is -0.406 e. The lowest BCUT2D eigenvalue weighted by Crippen LogP contribution is -2.24. The zero-order valence-electron chi connectivity index (χ0n) is 20.7. The fourth-order valence-corrected chi connectivity index (χ4v) is 4.40. The molecule has 4 aromatic rings. The minimum atomic E-state index is -4.77. The Morgan fingerprint density at radius 3 is 2.41 bits per heavy atom. The zero-order chi connectivity index (χ0) is 26.7. The van der Waals surface area contributed by atoms with Gasteiger partial charge in [-0.2, -0.15) is 0 Å². The highest BCUT2D eigenvalue weighted by Gasteiger charge is 2.31. The first-order valence-electron chi connectivity index (χ1n) is 11.9. The van der Waals surface area contributed by atoms with Crippen molar-refractivity contribution < 1.29 is 22.7 Å². The Morgan fingerprint density at radius 1 is 1.00 bits per heavy atom. The third kappa shape index (κ3) is 6.20. The molecule has 0 fully saturated rings. The average molecular weight is 509 g/mol. The van der Waals surface area contributed by atoms with E-state index in [4.69, 9.17) is 0 Å². The van der Waals surface area contributed by atoms with E-state index >= 15 is 0 Å². The molecular weight excluding hydrogens is 481 g/mol. The molecule has 0 aliphatic rings. The van der Waals surface area contributed by atoms with Gasteiger partial charge in [-0.25, -0.2) is 0 Å². The van der Waals surface area contributed by atoms with Gasteiger partial charge in [0.25, 0.3) is 5.56 Å². The van der Waals surface area contributed by atoms with E-state index < -0.39 is 12.4 Å². The number of fused-ring (bicyclic) bond motifs is 1. The number of anilines is 1. The fourth-order valence-electron chi connectivity index (χ4n) is 4.40. The number of ether oxygens (including phenoxy) is 1. The number of hydrogen-bond donors (Lipinski definition) is 1. The van der Waals surface area contributed by atoms with Crippen LogP contribution < -0.4 is 15.6 Å². The highest BCUT2D eigenvalue weighted by molar-refractivity contribution is 6.01. The van der Waals surface area contributed by atoms with Crippen LogP contribution in [-0.4, -0.2) is 16.8 Å². The van der Waals surface area contributed by atoms with E-state index in [2.05, 4.69) is 16.1 Å². The number of carbonyl (C=O) groups is 1. The van der Waals surface area contributed by atoms with Crippen LogP contribution in [0, 0.1) is 13.8 Å². The second-order valence-electron chi connectivity index (χ2n) is 9.07. The van der Waals surface area contributed by atoms with Gasteiger partial charge in [0.1, 0.15) is 5.75 Å². The van der Waals surface area contributed by atoms with Crippen molar-refractivity contribution >= 4 is 22.4 Å². The number of benzene rings is 3. The summed E-state index contributed by atoms with van der Waals surface area (Å²) >= 11 is 0. The van der Waals surface area contributed by atoms with Gasteiger partial charge in [-0.3, -0.25) is 9.59 Å². The maximum absolute atomic E-state index is 13.3. The maximum Gasteiger partial charge on any atom is 0.573 e. The summed E-state index contributed by atoms with van der Waals surface area (Å²) in [6.07, 6.45) is -2.22. The van der Waals surface area contributed by atoms with Gasteiger partial charge in [0.15, 0.2) is 0 Å². The summed E-state index contributed by atoms with van der Waals surface area (Å²) in [6, 6.07) is 18.1. The van der Waals surface area contributed by atoms with Gasteiger partial charge in [0, 0.05) is 29.1 Å². The molecule has 0 saturated heterocycles. The summed E-state index contributed by atoms with van der Waals surface area (Å²) in [5, 5.41) is 3.97. The minimum absolute atomic E-state index is 0.147. The molecule has 0 saturated carbocycles. The molecule has 1 aromatic heterocycles. The monoisotopic (exact) mass is 508 g/mol. The predicted molar refractivity (Wildman–Crippen MR) is 138 cm³/mol. The van der Waals surface area contributed by atoms with E-state index in [-0.39, 0.29) is 17.2 Å². The molecule has 0 aliphatic carbocycles. The molecule has 192 valence electrons. The van der Waals surface area contributed by atoms with E-state index in [0.717, 1.165) is 11.1 Å². The lowest BCUT2D eigenvalue weighted by atomic mass is 10.0. The van der Waals surface area contributed by atoms with Crippen molar-refractivity contribution in [3.05, 3.63) is 106 Å². The highest BCUT2D eigenvalue weighted by Crippen LogP contribution is 2.27. The molecule has 0 aliphatic heterocycles. The van der Waals surface area contributed by atoms with Gasteiger partial charge < -0.3 is 14.6 Å². The average Bonchev–Trinajstić information content (AvgIpc) is 2.83. The van der Waals surface area contributed by atoms with Crippen LogP contribution in [0.2, 0.25) is 0 Å². The standard InChI is InChI=1S/C29H27F3N2O3/c1-18-7-8-21(19(2)17-18)11-14-27(35)33-26-6-4-5-25-24(26)15-16-34(28(25)36)20(3)22-9-12-23(13-10-22)37-29(30,31)32/h4-10,12-13,15-17,20H,11,14H2,1-3H3,(H,33,35). The first kappa shape index (κ1) is 26.0. The van der Waals surface area contributed by atoms with Crippen LogP contribution in [0.4, 0.5) is 18.9 Å². The SMILES string of the molecule is Cc1ccc(CCC(=O)Nc2cccc3c(=O)n(C(C)c4ccc(OC(F)(F)F)cc4)ccc23)c(C)c1. The highest BCUT2D eigenvalue weighted by atomic mass is 19.4. The third-order valence-corrected chi connectivity index (χ3v) is 6.38. The molecule has 5 nitrogen and oxygen atoms in total. The molecule has 1 N–H and O–H groups in total. The van der Waals surface area contributed by atoms with E-state index in [0.29, 0.717) is 34.9 Å². The molecule has 1 unspecified atom stereocenters. The topological polar surface area (TPSA) is 60.3 Å². The summed E-state index contributed by atoms with van der Waals surface area (Å²) in [6.45, 7) is 5.84. The van der Waals surface area contributed by atoms with Crippen LogP contribution in [0.15, 0.2) is 77.7 Å². The number of halogens is 3. The maximum atomic E-state index is 13.3. The Morgan fingerprint density at radius 2 is 1.73 bits per heavy atom. The second-order valence-corrected chi connectivity index (χ2v) is 9.07. The van der Waals surface area contributed by atoms with Gasteiger partial charge >= 0.3 is 6.36 Å². The van der Waals surface area contributed by atoms with Gasteiger partial charge in [-0.15, -0.1) is 13.2 Å². The van der Waals surface area contributed by atoms with E-state index in [1.165, 1.54) is 34.4 Å². The van der Waals surface area contributed by atoms with Gasteiger partial charge in [0.2, 0.25) is 5.91 Å². The quantitative estimate of drug-likeness (QED) is 0.302. The number of carbonyl (C=O) groups excluding carboxylic acids is 1. The molecule has 37 heavy (non-hydrogen) atoms. The Kier molecular flexibility index (Phi) is 7.38. The molecular formula is C29H27F3N2O3. The van der Waals surface area contributed by atoms with Crippen molar-refractivity contribution in [1.82, 2.24) is 4.57 Å². The number of nitrogens with one attached hydrogen (secondary N) is 1. The van der Waals surface area contributed by atoms with Gasteiger partial charge in [0.05, 0.1) is 6.04 Å². The Balaban J connectivity index is 1.52. The molecule has 1 atom stereocenters. The number of rotatable bonds is 7. The van der Waals surface area contributed by atoms with Crippen molar-refractivity contribution in [2.24, 2.45) is 0 Å². The fraction of sp³-hybridized carbons (Fsp3) is 0.241. The van der Waals surface area contributed by atoms with Gasteiger partial charge in [-0.1, -0.05) is 42.0 Å². The van der Waals surface area contributed by atoms with E-state index in [1.54, 1.807) is 37.4 Å². The largest absolute Gasteiger partial charge is 0.573 e. The number of amides is 1. The lowest BCUT2D eigenvalue weighted by molar-refractivity contribution is -0.274. The van der Waals surface area contributed by atoms with E-state index in [9.17, 15) is 22.8 Å². The third-order valence-electron chi connectivity index (χ3n) is 6.38. The number of pyridine rings is 1. The summed E-state index contributed by atoms with van der Waals surface area (Å²) in [5.74, 6) is -0.474. The lowest BCUT2D eigenvalue weighted by Gasteiger charge is -2.18. The van der Waals surface area contributed by atoms with Crippen molar-refractivity contribution in [3.8, 4) is 5.75 Å². The van der Waals surface area contributed by atoms with Crippen LogP contribution in [0.1, 0.15) is 41.6 Å². The number of aryl methyl sites for hydroxylation is 3. The normalized spacial score (nSPS) is 12.4. The number of hydrogen-bond acceptors (Lipinski definition) is 3. The van der Waals surface area contributed by atoms with Crippen molar-refractivity contribution in [3.63, 3.8) is 0 Å². The van der Waals surface area contributed by atoms with Crippen molar-refractivity contribution in [1.29, 1.82) is 0 Å². The molecule has 0 spiro atoms. The summed E-state index contributed by atoms with van der Waals surface area (Å²) in [5.41, 5.74) is 4.37. The Hall–Kier alpha value is -4.07. The van der Waals surface area contributed by atoms with Crippen LogP contribution in [-0.2, 0) is 11.2 Å². The first-order chi connectivity index (χ1) is 17.5. The van der Waals surface area contributed by atoms with Crippen LogP contribution in [0.3, 0.4) is 0 Å². The van der Waals surface area contributed by atoms with Crippen molar-refractivity contribution in [2.45, 2.75) is 46.0 Å². The number of aromatic nitrogens is 1. The zero-order valence-corrected chi connectivity index (χ0v) is 20.7. The number of nitrogens with zero attached hydrogens (tertiary/aromatic N) is 1. The van der Waals surface area contributed by atoms with E-state index in [1.807, 2.05) is 26.0 Å². The molecule has 1 heterocycles. The predicted octanol–water partition coefficient (Wildman–Crippen LogP) is 6.70. The van der Waals surface area contributed by atoms with Crippen molar-refractivity contribution in [2.75, 3.05) is 5.32 Å². The molecule has 0 bridgehead atoms. The Bertz CT molecular complexity index is 1490. The summed E-state index contributed by atoms with van der Waals surface area (Å²) in [4.78, 5) is 26.0. The second kappa shape index (κ2) is 10.5. The molecule has 3 aromatic carbocycles. The molecule has 8 heteroatoms. The van der Waals surface area contributed by atoms with Gasteiger partial charge in [-0.05, 0) is 74.2 Å². The van der Waals surface area contributed by atoms with Crippen LogP contribution in [0.25, 0.3) is 10.8 Å². The first-order valence-corrected chi connectivity index (χ1v) is 11.9. The molecule has 1 amide bonds. The summed E-state index contributed by atoms with van der Waals surface area (Å²) < 4.78 is 42.7. The molecule has 4 rings (SSSR count). The number of alkyl halides is 3. The Labute approximate surface area is 212 Å². The molecule has 0 radical (unpaired) electrons. The van der Waals surface area contributed by atoms with Crippen LogP contribution in [0.5, 0.6) is 5.75 Å². The van der Waals surface area contributed by atoms with Crippen LogP contribution >= 0.6 is 0 Å². The summed E-state index contributed by atoms with van der Waals surface area (Å²) in [7, 11) is 0.